The van der Waals surface area contributed by atoms with Crippen LogP contribution in [-0.2, 0) is 11.2 Å². The predicted octanol–water partition coefficient (Wildman–Crippen LogP) is 4.90. The highest BCUT2D eigenvalue weighted by Gasteiger charge is 2.27. The van der Waals surface area contributed by atoms with Gasteiger partial charge < -0.3 is 0 Å². The zero-order valence-electron chi connectivity index (χ0n) is 11.6. The van der Waals surface area contributed by atoms with Crippen LogP contribution in [0.5, 0.6) is 0 Å². The molecule has 0 aliphatic heterocycles. The molecule has 1 saturated carbocycles. The lowest BCUT2D eigenvalue weighted by atomic mass is 9.75. The van der Waals surface area contributed by atoms with Crippen LogP contribution in [0.25, 0.3) is 0 Å². The van der Waals surface area contributed by atoms with Crippen molar-refractivity contribution in [3.8, 4) is 0 Å². The van der Waals surface area contributed by atoms with Crippen molar-refractivity contribution in [2.45, 2.75) is 53.4 Å². The molecule has 1 aliphatic rings. The molecule has 1 aliphatic carbocycles. The van der Waals surface area contributed by atoms with Crippen LogP contribution in [0.3, 0.4) is 0 Å². The lowest BCUT2D eigenvalue weighted by Crippen LogP contribution is -2.25. The van der Waals surface area contributed by atoms with Crippen molar-refractivity contribution >= 4 is 5.78 Å². The van der Waals surface area contributed by atoms with E-state index in [0.29, 0.717) is 18.1 Å². The summed E-state index contributed by atoms with van der Waals surface area (Å²) in [5.41, 5.74) is 1.16. The first-order valence-electron chi connectivity index (χ1n) is 7.23. The van der Waals surface area contributed by atoms with Gasteiger partial charge in [0.15, 0.2) is 0 Å². The van der Waals surface area contributed by atoms with E-state index in [1.165, 1.54) is 12.8 Å². The van der Waals surface area contributed by atoms with E-state index in [4.69, 9.17) is 0 Å². The average Bonchev–Trinajstić information content (AvgIpc) is 2.40. The Morgan fingerprint density at radius 2 is 1.68 bits per heavy atom. The van der Waals surface area contributed by atoms with Gasteiger partial charge in [-0.2, -0.15) is 0 Å². The van der Waals surface area contributed by atoms with Crippen molar-refractivity contribution in [2.75, 3.05) is 0 Å². The number of ketones is 1. The summed E-state index contributed by atoms with van der Waals surface area (Å²) in [6.07, 6.45) is 5.31. The van der Waals surface area contributed by atoms with Gasteiger partial charge in [-0.3, -0.25) is 4.79 Å². The largest absolute Gasteiger partial charge is 0.299 e. The topological polar surface area (TPSA) is 17.1 Å². The molecule has 0 N–H and O–H groups in total. The molecule has 0 aromatic heterocycles. The molecular formula is C18H28O. The second-order valence-electron chi connectivity index (χ2n) is 5.98. The van der Waals surface area contributed by atoms with Gasteiger partial charge in [-0.05, 0) is 43.1 Å². The molecule has 0 saturated heterocycles. The molecule has 0 heterocycles. The summed E-state index contributed by atoms with van der Waals surface area (Å²) in [6, 6.07) is 10.1. The van der Waals surface area contributed by atoms with Crippen molar-refractivity contribution in [3.05, 3.63) is 35.9 Å². The number of Topliss-reactive ketones (excluding diaryl/α,β-unsaturated/α-hetero) is 1. The van der Waals surface area contributed by atoms with Crippen LogP contribution in [0.15, 0.2) is 30.3 Å². The van der Waals surface area contributed by atoms with Gasteiger partial charge in [-0.1, -0.05) is 51.6 Å². The molecule has 0 spiro atoms. The normalized spacial score (nSPS) is 22.9. The fourth-order valence-electron chi connectivity index (χ4n) is 3.05. The van der Waals surface area contributed by atoms with E-state index >= 15 is 0 Å². The third-order valence-corrected chi connectivity index (χ3v) is 4.39. The Balaban J connectivity index is 0.00000180. The van der Waals surface area contributed by atoms with Crippen molar-refractivity contribution in [1.29, 1.82) is 0 Å². The molecule has 1 nitrogen and oxygen atoms in total. The third-order valence-electron chi connectivity index (χ3n) is 4.39. The molecule has 2 rings (SSSR count). The number of hydrogen-bond donors (Lipinski definition) is 0. The van der Waals surface area contributed by atoms with Gasteiger partial charge in [0, 0.05) is 12.3 Å². The maximum Gasteiger partial charge on any atom is 0.140 e. The Bertz CT molecular complexity index is 372. The predicted molar refractivity (Wildman–Crippen MR) is 82.2 cm³/mol. The zero-order chi connectivity index (χ0) is 13.0. The summed E-state index contributed by atoms with van der Waals surface area (Å²) >= 11 is 0. The SMILES string of the molecule is C.CC(C)C1CCC(C(=O)Cc2ccccc2)CC1. The lowest BCUT2D eigenvalue weighted by Gasteiger charge is -2.30. The number of hydrogen-bond acceptors (Lipinski definition) is 1. The lowest BCUT2D eigenvalue weighted by molar-refractivity contribution is -0.123. The molecular weight excluding hydrogens is 232 g/mol. The second-order valence-corrected chi connectivity index (χ2v) is 5.98. The molecule has 1 aromatic carbocycles. The van der Waals surface area contributed by atoms with Gasteiger partial charge in [0.2, 0.25) is 0 Å². The fourth-order valence-corrected chi connectivity index (χ4v) is 3.05. The minimum atomic E-state index is 0. The Morgan fingerprint density at radius 3 is 2.21 bits per heavy atom. The highest BCUT2D eigenvalue weighted by Crippen LogP contribution is 2.34. The minimum Gasteiger partial charge on any atom is -0.299 e. The first-order chi connectivity index (χ1) is 8.66. The summed E-state index contributed by atoms with van der Waals surface area (Å²) in [7, 11) is 0. The maximum absolute atomic E-state index is 12.2. The fraction of sp³-hybridized carbons (Fsp3) is 0.611. The molecule has 0 amide bonds. The molecule has 1 fully saturated rings. The first-order valence-corrected chi connectivity index (χ1v) is 7.23. The van der Waals surface area contributed by atoms with Crippen molar-refractivity contribution < 1.29 is 4.79 Å². The monoisotopic (exact) mass is 260 g/mol. The van der Waals surface area contributed by atoms with Crippen molar-refractivity contribution in [2.24, 2.45) is 17.8 Å². The highest BCUT2D eigenvalue weighted by molar-refractivity contribution is 5.83. The molecule has 19 heavy (non-hydrogen) atoms. The number of carbonyl (C=O) groups is 1. The van der Waals surface area contributed by atoms with E-state index < -0.39 is 0 Å². The van der Waals surface area contributed by atoms with Crippen LogP contribution in [0.4, 0.5) is 0 Å². The third kappa shape index (κ3) is 4.49. The van der Waals surface area contributed by atoms with Gasteiger partial charge in [-0.15, -0.1) is 0 Å². The smallest absolute Gasteiger partial charge is 0.140 e. The Morgan fingerprint density at radius 1 is 1.11 bits per heavy atom. The summed E-state index contributed by atoms with van der Waals surface area (Å²) in [6.45, 7) is 4.60. The Hall–Kier alpha value is -1.11. The van der Waals surface area contributed by atoms with Gasteiger partial charge in [-0.25, -0.2) is 0 Å². The van der Waals surface area contributed by atoms with E-state index in [2.05, 4.69) is 26.0 Å². The summed E-state index contributed by atoms with van der Waals surface area (Å²) in [5, 5.41) is 0. The van der Waals surface area contributed by atoms with Crippen molar-refractivity contribution in [3.63, 3.8) is 0 Å². The minimum absolute atomic E-state index is 0. The molecule has 0 bridgehead atoms. The molecule has 0 unspecified atom stereocenters. The van der Waals surface area contributed by atoms with Gasteiger partial charge in [0.25, 0.3) is 0 Å². The molecule has 0 atom stereocenters. The highest BCUT2D eigenvalue weighted by atomic mass is 16.1. The van der Waals surface area contributed by atoms with Crippen LogP contribution in [0.2, 0.25) is 0 Å². The number of benzene rings is 1. The second kappa shape index (κ2) is 7.47. The van der Waals surface area contributed by atoms with E-state index in [-0.39, 0.29) is 7.43 Å². The molecule has 106 valence electrons. The zero-order valence-corrected chi connectivity index (χ0v) is 11.6. The van der Waals surface area contributed by atoms with Gasteiger partial charge >= 0.3 is 0 Å². The van der Waals surface area contributed by atoms with Gasteiger partial charge in [0.1, 0.15) is 5.78 Å². The summed E-state index contributed by atoms with van der Waals surface area (Å²) < 4.78 is 0. The maximum atomic E-state index is 12.2. The van der Waals surface area contributed by atoms with Crippen LogP contribution in [0.1, 0.15) is 52.5 Å². The molecule has 0 radical (unpaired) electrons. The molecule has 1 heteroatoms. The Kier molecular flexibility index (Phi) is 6.27. The first kappa shape index (κ1) is 15.9. The standard InChI is InChI=1S/C17H24O.CH4/c1-13(2)15-8-10-16(11-9-15)17(18)12-14-6-4-3-5-7-14;/h3-7,13,15-16H,8-12H2,1-2H3;1H4. The van der Waals surface area contributed by atoms with Gasteiger partial charge in [0.05, 0.1) is 0 Å². The van der Waals surface area contributed by atoms with Crippen LogP contribution < -0.4 is 0 Å². The summed E-state index contributed by atoms with van der Waals surface area (Å²) in [5.74, 6) is 2.38. The molecule has 1 aromatic rings. The number of carbonyl (C=O) groups excluding carboxylic acids is 1. The van der Waals surface area contributed by atoms with Crippen molar-refractivity contribution in [1.82, 2.24) is 0 Å². The van der Waals surface area contributed by atoms with E-state index in [9.17, 15) is 4.79 Å². The quantitative estimate of drug-likeness (QED) is 0.752. The average molecular weight is 260 g/mol. The van der Waals surface area contributed by atoms with Crippen LogP contribution >= 0.6 is 0 Å². The van der Waals surface area contributed by atoms with E-state index in [1.807, 2.05) is 18.2 Å². The van der Waals surface area contributed by atoms with Crippen LogP contribution in [0, 0.1) is 17.8 Å². The van der Waals surface area contributed by atoms with Crippen LogP contribution in [-0.4, -0.2) is 5.78 Å². The van der Waals surface area contributed by atoms with E-state index in [0.717, 1.165) is 30.2 Å². The van der Waals surface area contributed by atoms with E-state index in [1.54, 1.807) is 0 Å². The summed E-state index contributed by atoms with van der Waals surface area (Å²) in [4.78, 5) is 12.2. The Labute approximate surface area is 118 Å². The number of rotatable bonds is 4.